The Morgan fingerprint density at radius 2 is 1.04 bits per heavy atom. The van der Waals surface area contributed by atoms with Crippen molar-refractivity contribution < 1.29 is 27.8 Å². The predicted molar refractivity (Wildman–Crippen MR) is 103 cm³/mol. The molecule has 0 N–H and O–H groups in total. The first-order valence-electron chi connectivity index (χ1n) is 11.1. The maximum atomic E-state index is 13.6. The van der Waals surface area contributed by atoms with E-state index in [-0.39, 0.29) is 25.0 Å². The number of esters is 2. The second-order valence-electron chi connectivity index (χ2n) is 8.46. The first-order valence-corrected chi connectivity index (χ1v) is 11.1. The fourth-order valence-corrected chi connectivity index (χ4v) is 4.57. The molecule has 2 aliphatic rings. The van der Waals surface area contributed by atoms with E-state index in [0.29, 0.717) is 24.7 Å². The summed E-state index contributed by atoms with van der Waals surface area (Å²) in [5, 5.41) is 0. The van der Waals surface area contributed by atoms with Crippen LogP contribution in [-0.2, 0) is 19.1 Å². The van der Waals surface area contributed by atoms with Gasteiger partial charge in [-0.2, -0.15) is 0 Å². The molecule has 0 radical (unpaired) electrons. The fraction of sp³-hybridized carbons (Fsp3) is 0.909. The van der Waals surface area contributed by atoms with Gasteiger partial charge in [-0.3, -0.25) is 0 Å². The molecule has 2 rings (SSSR count). The van der Waals surface area contributed by atoms with Crippen LogP contribution < -0.4 is 0 Å². The van der Waals surface area contributed by atoms with Crippen molar-refractivity contribution in [2.24, 2.45) is 11.8 Å². The van der Waals surface area contributed by atoms with Crippen LogP contribution in [0.15, 0.2) is 0 Å². The van der Waals surface area contributed by atoms with E-state index in [2.05, 4.69) is 0 Å². The molecule has 2 saturated carbocycles. The SMILES string of the molecule is CCC[C@H](F)C(=O)OC1CCC(C2CCC(OC(=O)[C@@H](F)CCC)CC2)CC1. The summed E-state index contributed by atoms with van der Waals surface area (Å²) in [6.07, 6.45) is 5.54. The average molecular weight is 403 g/mol. The Labute approximate surface area is 167 Å². The Hall–Kier alpha value is -1.20. The van der Waals surface area contributed by atoms with Gasteiger partial charge in [0.2, 0.25) is 0 Å². The van der Waals surface area contributed by atoms with Gasteiger partial charge in [-0.05, 0) is 76.0 Å². The van der Waals surface area contributed by atoms with Crippen molar-refractivity contribution in [2.75, 3.05) is 0 Å². The molecule has 28 heavy (non-hydrogen) atoms. The highest BCUT2D eigenvalue weighted by molar-refractivity contribution is 5.75. The minimum absolute atomic E-state index is 0.156. The summed E-state index contributed by atoms with van der Waals surface area (Å²) in [6, 6.07) is 0. The number of ether oxygens (including phenoxy) is 2. The largest absolute Gasteiger partial charge is 0.460 e. The van der Waals surface area contributed by atoms with Gasteiger partial charge in [0, 0.05) is 0 Å². The van der Waals surface area contributed by atoms with E-state index in [9.17, 15) is 18.4 Å². The third kappa shape index (κ3) is 7.00. The quantitative estimate of drug-likeness (QED) is 0.480. The van der Waals surface area contributed by atoms with Crippen molar-refractivity contribution in [3.05, 3.63) is 0 Å². The molecule has 2 atom stereocenters. The maximum Gasteiger partial charge on any atom is 0.340 e. The van der Waals surface area contributed by atoms with E-state index >= 15 is 0 Å². The zero-order valence-electron chi connectivity index (χ0n) is 17.3. The molecule has 0 bridgehead atoms. The maximum absolute atomic E-state index is 13.6. The van der Waals surface area contributed by atoms with Crippen molar-refractivity contribution in [3.8, 4) is 0 Å². The van der Waals surface area contributed by atoms with Gasteiger partial charge in [0.05, 0.1) is 0 Å². The third-order valence-corrected chi connectivity index (χ3v) is 6.27. The van der Waals surface area contributed by atoms with Crippen LogP contribution in [0, 0.1) is 11.8 Å². The second-order valence-corrected chi connectivity index (χ2v) is 8.46. The summed E-state index contributed by atoms with van der Waals surface area (Å²) in [5.41, 5.74) is 0. The molecule has 2 aliphatic carbocycles. The molecule has 0 heterocycles. The van der Waals surface area contributed by atoms with Crippen molar-refractivity contribution in [1.82, 2.24) is 0 Å². The van der Waals surface area contributed by atoms with Crippen molar-refractivity contribution >= 4 is 11.9 Å². The van der Waals surface area contributed by atoms with Crippen LogP contribution in [0.1, 0.15) is 90.9 Å². The lowest BCUT2D eigenvalue weighted by atomic mass is 9.72. The standard InChI is InChI=1S/C22H36F2O4/c1-3-5-19(23)21(25)27-17-11-7-15(8-12-17)16-9-13-18(14-10-16)28-22(26)20(24)6-4-2/h15-20H,3-14H2,1-2H3/t15?,16?,17?,18?,19-,20-/m0/s1. The first-order chi connectivity index (χ1) is 13.4. The van der Waals surface area contributed by atoms with Gasteiger partial charge in [0.1, 0.15) is 12.2 Å². The molecule has 0 aliphatic heterocycles. The normalized spacial score (nSPS) is 30.3. The van der Waals surface area contributed by atoms with Crippen LogP contribution >= 0.6 is 0 Å². The van der Waals surface area contributed by atoms with E-state index in [4.69, 9.17) is 9.47 Å². The molecule has 4 nitrogen and oxygen atoms in total. The Morgan fingerprint density at radius 1 is 0.714 bits per heavy atom. The summed E-state index contributed by atoms with van der Waals surface area (Å²) in [7, 11) is 0. The Balaban J connectivity index is 1.66. The van der Waals surface area contributed by atoms with Crippen LogP contribution in [0.2, 0.25) is 0 Å². The van der Waals surface area contributed by atoms with Gasteiger partial charge in [-0.25, -0.2) is 18.4 Å². The van der Waals surface area contributed by atoms with E-state index in [1.54, 1.807) is 0 Å². The Morgan fingerprint density at radius 3 is 1.32 bits per heavy atom. The van der Waals surface area contributed by atoms with Gasteiger partial charge in [-0.1, -0.05) is 26.7 Å². The molecule has 0 unspecified atom stereocenters. The summed E-state index contributed by atoms with van der Waals surface area (Å²) in [6.45, 7) is 3.70. The van der Waals surface area contributed by atoms with E-state index in [1.807, 2.05) is 13.8 Å². The van der Waals surface area contributed by atoms with Crippen LogP contribution in [0.3, 0.4) is 0 Å². The van der Waals surface area contributed by atoms with Crippen molar-refractivity contribution in [3.63, 3.8) is 0 Å². The van der Waals surface area contributed by atoms with Crippen LogP contribution in [-0.4, -0.2) is 36.5 Å². The molecule has 0 aromatic carbocycles. The average Bonchev–Trinajstić information content (AvgIpc) is 2.69. The lowest BCUT2D eigenvalue weighted by Crippen LogP contribution is -2.34. The number of hydrogen-bond acceptors (Lipinski definition) is 4. The first kappa shape index (κ1) is 23.1. The Bertz CT molecular complexity index is 439. The lowest BCUT2D eigenvalue weighted by molar-refractivity contribution is -0.159. The fourth-order valence-electron chi connectivity index (χ4n) is 4.57. The van der Waals surface area contributed by atoms with E-state index < -0.39 is 24.3 Å². The van der Waals surface area contributed by atoms with E-state index in [0.717, 1.165) is 51.4 Å². The van der Waals surface area contributed by atoms with Crippen LogP contribution in [0.4, 0.5) is 8.78 Å². The molecule has 6 heteroatoms. The minimum Gasteiger partial charge on any atom is -0.460 e. The number of carbonyl (C=O) groups excluding carboxylic acids is 2. The highest BCUT2D eigenvalue weighted by Crippen LogP contribution is 2.39. The molecule has 0 aromatic rings. The lowest BCUT2D eigenvalue weighted by Gasteiger charge is -2.37. The van der Waals surface area contributed by atoms with Crippen molar-refractivity contribution in [1.29, 1.82) is 0 Å². The molecule has 0 amide bonds. The second kappa shape index (κ2) is 11.7. The molecule has 162 valence electrons. The van der Waals surface area contributed by atoms with Crippen LogP contribution in [0.5, 0.6) is 0 Å². The topological polar surface area (TPSA) is 52.6 Å². The van der Waals surface area contributed by atoms with Gasteiger partial charge < -0.3 is 9.47 Å². The number of alkyl halides is 2. The zero-order valence-corrected chi connectivity index (χ0v) is 17.3. The van der Waals surface area contributed by atoms with Gasteiger partial charge in [0.15, 0.2) is 12.3 Å². The third-order valence-electron chi connectivity index (χ3n) is 6.27. The number of hydrogen-bond donors (Lipinski definition) is 0. The zero-order chi connectivity index (χ0) is 20.5. The molecular weight excluding hydrogens is 366 g/mol. The van der Waals surface area contributed by atoms with E-state index in [1.165, 1.54) is 0 Å². The number of halogens is 2. The number of carbonyl (C=O) groups is 2. The van der Waals surface area contributed by atoms with Gasteiger partial charge in [-0.15, -0.1) is 0 Å². The summed E-state index contributed by atoms with van der Waals surface area (Å²) >= 11 is 0. The smallest absolute Gasteiger partial charge is 0.340 e. The predicted octanol–water partition coefficient (Wildman–Crippen LogP) is 5.47. The molecule has 0 aromatic heterocycles. The van der Waals surface area contributed by atoms with Gasteiger partial charge in [0.25, 0.3) is 0 Å². The molecular formula is C22H36F2O4. The molecule has 0 spiro atoms. The summed E-state index contributed by atoms with van der Waals surface area (Å²) in [5.74, 6) is -0.251. The summed E-state index contributed by atoms with van der Waals surface area (Å²) in [4.78, 5) is 23.5. The highest BCUT2D eigenvalue weighted by Gasteiger charge is 2.34. The van der Waals surface area contributed by atoms with Crippen LogP contribution in [0.25, 0.3) is 0 Å². The Kier molecular flexibility index (Phi) is 9.66. The van der Waals surface area contributed by atoms with Crippen molar-refractivity contribution in [2.45, 2.75) is 115 Å². The molecule has 0 saturated heterocycles. The summed E-state index contributed by atoms with van der Waals surface area (Å²) < 4.78 is 37.9. The highest BCUT2D eigenvalue weighted by atomic mass is 19.1. The number of rotatable bonds is 9. The monoisotopic (exact) mass is 402 g/mol. The minimum atomic E-state index is -1.50. The van der Waals surface area contributed by atoms with Gasteiger partial charge >= 0.3 is 11.9 Å². The molecule has 2 fully saturated rings.